The molecule has 116 valence electrons. The molecule has 0 bridgehead atoms. The lowest BCUT2D eigenvalue weighted by Gasteiger charge is -2.15. The van der Waals surface area contributed by atoms with E-state index in [9.17, 15) is 0 Å². The van der Waals surface area contributed by atoms with Crippen LogP contribution in [0.1, 0.15) is 24.0 Å². The fraction of sp³-hybridized carbons (Fsp3) is 0.0909. The van der Waals surface area contributed by atoms with Gasteiger partial charge in [0.1, 0.15) is 0 Å². The van der Waals surface area contributed by atoms with E-state index in [2.05, 4.69) is 48.6 Å². The van der Waals surface area contributed by atoms with Crippen molar-refractivity contribution in [1.82, 2.24) is 0 Å². The second-order valence-electron chi connectivity index (χ2n) is 5.83. The van der Waals surface area contributed by atoms with E-state index in [0.29, 0.717) is 0 Å². The van der Waals surface area contributed by atoms with Gasteiger partial charge in [-0.05, 0) is 12.2 Å². The molecule has 0 N–H and O–H groups in total. The Balaban J connectivity index is 1.71. The van der Waals surface area contributed by atoms with E-state index >= 15 is 0 Å². The van der Waals surface area contributed by atoms with Crippen LogP contribution in [-0.2, 0) is 0 Å². The van der Waals surface area contributed by atoms with Gasteiger partial charge in [-0.15, -0.1) is 0 Å². The Labute approximate surface area is 142 Å². The summed E-state index contributed by atoms with van der Waals surface area (Å²) in [5.41, 5.74) is 6.43. The highest BCUT2D eigenvalue weighted by Gasteiger charge is 2.13. The summed E-state index contributed by atoms with van der Waals surface area (Å²) in [5.74, 6) is 0. The van der Waals surface area contributed by atoms with Crippen LogP contribution in [0.2, 0.25) is 0 Å². The van der Waals surface area contributed by atoms with Gasteiger partial charge in [0.05, 0.1) is 22.8 Å². The fourth-order valence-corrected chi connectivity index (χ4v) is 2.93. The lowest BCUT2D eigenvalue weighted by molar-refractivity contribution is 1.01. The first-order chi connectivity index (χ1) is 11.9. The molecule has 2 heteroatoms. The van der Waals surface area contributed by atoms with Gasteiger partial charge in [0.15, 0.2) is 0 Å². The van der Waals surface area contributed by atoms with Crippen molar-refractivity contribution < 1.29 is 0 Å². The van der Waals surface area contributed by atoms with Crippen molar-refractivity contribution in [3.63, 3.8) is 0 Å². The Morgan fingerprint density at radius 2 is 0.958 bits per heavy atom. The zero-order valence-corrected chi connectivity index (χ0v) is 13.4. The number of aliphatic imine (C=N–C) groups is 2. The predicted octanol–water partition coefficient (Wildman–Crippen LogP) is 5.10. The Morgan fingerprint density at radius 1 is 0.542 bits per heavy atom. The summed E-state index contributed by atoms with van der Waals surface area (Å²) in [6, 6.07) is 20.6. The van der Waals surface area contributed by atoms with Crippen LogP contribution >= 0.6 is 0 Å². The van der Waals surface area contributed by atoms with E-state index in [0.717, 1.165) is 46.8 Å². The molecule has 2 heterocycles. The van der Waals surface area contributed by atoms with Crippen molar-refractivity contribution in [1.29, 1.82) is 0 Å². The largest absolute Gasteiger partial charge is 0.251 e. The quantitative estimate of drug-likeness (QED) is 0.737. The van der Waals surface area contributed by atoms with Crippen LogP contribution in [0.15, 0.2) is 106 Å². The van der Waals surface area contributed by atoms with Crippen molar-refractivity contribution in [2.45, 2.75) is 12.8 Å². The number of benzene rings is 2. The fourth-order valence-electron chi connectivity index (χ4n) is 2.93. The molecule has 2 aliphatic rings. The summed E-state index contributed by atoms with van der Waals surface area (Å²) in [6.07, 6.45) is 10.2. The van der Waals surface area contributed by atoms with Gasteiger partial charge in [0.2, 0.25) is 0 Å². The SMILES string of the molecule is C1=CC(c2ccccc2)=N/C(=C2\CC=CC(c3ccccc3)=N2)C1. The van der Waals surface area contributed by atoms with Gasteiger partial charge >= 0.3 is 0 Å². The number of hydrogen-bond acceptors (Lipinski definition) is 2. The van der Waals surface area contributed by atoms with E-state index in [4.69, 9.17) is 9.98 Å². The number of rotatable bonds is 2. The number of dihydropyridines is 2. The van der Waals surface area contributed by atoms with E-state index < -0.39 is 0 Å². The minimum Gasteiger partial charge on any atom is -0.251 e. The minimum atomic E-state index is 0.838. The summed E-state index contributed by atoms with van der Waals surface area (Å²) in [6.45, 7) is 0. The third kappa shape index (κ3) is 3.04. The molecule has 4 rings (SSSR count). The van der Waals surface area contributed by atoms with E-state index in [1.54, 1.807) is 0 Å². The van der Waals surface area contributed by atoms with Crippen LogP contribution in [0.25, 0.3) is 0 Å². The third-order valence-electron chi connectivity index (χ3n) is 4.16. The summed E-state index contributed by atoms with van der Waals surface area (Å²) in [4.78, 5) is 9.74. The summed E-state index contributed by atoms with van der Waals surface area (Å²) < 4.78 is 0. The highest BCUT2D eigenvalue weighted by Crippen LogP contribution is 2.25. The van der Waals surface area contributed by atoms with Crippen molar-refractivity contribution in [2.75, 3.05) is 0 Å². The first-order valence-electron chi connectivity index (χ1n) is 8.23. The lowest BCUT2D eigenvalue weighted by Crippen LogP contribution is -2.06. The number of hydrogen-bond donors (Lipinski definition) is 0. The first-order valence-corrected chi connectivity index (χ1v) is 8.23. The Morgan fingerprint density at radius 3 is 1.38 bits per heavy atom. The summed E-state index contributed by atoms with van der Waals surface area (Å²) in [7, 11) is 0. The smallest absolute Gasteiger partial charge is 0.0703 e. The number of allylic oxidation sites excluding steroid dienone is 4. The van der Waals surface area contributed by atoms with Crippen LogP contribution < -0.4 is 0 Å². The van der Waals surface area contributed by atoms with Gasteiger partial charge < -0.3 is 0 Å². The van der Waals surface area contributed by atoms with Gasteiger partial charge in [-0.2, -0.15) is 0 Å². The standard InChI is InChI=1S/C22H18N2/c1-3-9-17(10-4-1)19-13-7-15-21(23-19)22-16-8-14-20(24-22)18-11-5-2-6-12-18/h1-14H,15-16H2/b22-21+. The van der Waals surface area contributed by atoms with Crippen molar-refractivity contribution in [3.8, 4) is 0 Å². The molecule has 0 saturated heterocycles. The zero-order chi connectivity index (χ0) is 16.2. The predicted molar refractivity (Wildman–Crippen MR) is 100 cm³/mol. The van der Waals surface area contributed by atoms with Gasteiger partial charge in [0.25, 0.3) is 0 Å². The van der Waals surface area contributed by atoms with E-state index in [1.165, 1.54) is 0 Å². The molecule has 0 radical (unpaired) electrons. The molecule has 2 aromatic rings. The van der Waals surface area contributed by atoms with Crippen LogP contribution in [0.4, 0.5) is 0 Å². The zero-order valence-electron chi connectivity index (χ0n) is 13.4. The Bertz CT molecular complexity index is 807. The first kappa shape index (κ1) is 14.6. The maximum atomic E-state index is 4.87. The average molecular weight is 310 g/mol. The second kappa shape index (κ2) is 6.63. The van der Waals surface area contributed by atoms with Gasteiger partial charge in [-0.1, -0.05) is 72.8 Å². The lowest BCUT2D eigenvalue weighted by atomic mass is 10.0. The molecule has 2 aliphatic heterocycles. The van der Waals surface area contributed by atoms with Crippen molar-refractivity contribution in [3.05, 3.63) is 107 Å². The molecule has 2 nitrogen and oxygen atoms in total. The molecule has 0 fully saturated rings. The molecule has 2 aromatic carbocycles. The average Bonchev–Trinajstić information content (AvgIpc) is 2.70. The molecule has 0 saturated carbocycles. The normalized spacial score (nSPS) is 19.8. The highest BCUT2D eigenvalue weighted by molar-refractivity contribution is 6.10. The second-order valence-corrected chi connectivity index (χ2v) is 5.83. The molecule has 0 aliphatic carbocycles. The molecule has 0 aromatic heterocycles. The molecule has 0 unspecified atom stereocenters. The molecule has 0 spiro atoms. The van der Waals surface area contributed by atoms with Crippen LogP contribution in [0.3, 0.4) is 0 Å². The van der Waals surface area contributed by atoms with Gasteiger partial charge in [-0.3, -0.25) is 9.98 Å². The van der Waals surface area contributed by atoms with Crippen LogP contribution in [-0.4, -0.2) is 11.4 Å². The molecule has 0 atom stereocenters. The van der Waals surface area contributed by atoms with Crippen LogP contribution in [0.5, 0.6) is 0 Å². The molecule has 24 heavy (non-hydrogen) atoms. The molecular weight excluding hydrogens is 292 g/mol. The van der Waals surface area contributed by atoms with Crippen molar-refractivity contribution >= 4 is 11.4 Å². The maximum absolute atomic E-state index is 4.87. The molecule has 0 amide bonds. The van der Waals surface area contributed by atoms with Crippen molar-refractivity contribution in [2.24, 2.45) is 9.98 Å². The third-order valence-corrected chi connectivity index (χ3v) is 4.16. The van der Waals surface area contributed by atoms with E-state index in [-0.39, 0.29) is 0 Å². The topological polar surface area (TPSA) is 24.7 Å². The van der Waals surface area contributed by atoms with Crippen LogP contribution in [0, 0.1) is 0 Å². The monoisotopic (exact) mass is 310 g/mol. The van der Waals surface area contributed by atoms with Gasteiger partial charge in [0, 0.05) is 24.0 Å². The van der Waals surface area contributed by atoms with E-state index in [1.807, 2.05) is 36.4 Å². The maximum Gasteiger partial charge on any atom is 0.0703 e. The highest BCUT2D eigenvalue weighted by atomic mass is 14.9. The van der Waals surface area contributed by atoms with Gasteiger partial charge in [-0.25, -0.2) is 0 Å². The Kier molecular flexibility index (Phi) is 4.03. The Hall–Kier alpha value is -3.00. The summed E-state index contributed by atoms with van der Waals surface area (Å²) in [5, 5.41) is 0. The summed E-state index contributed by atoms with van der Waals surface area (Å²) >= 11 is 0. The molecular formula is C22H18N2. The minimum absolute atomic E-state index is 0.838. The number of nitrogens with zero attached hydrogens (tertiary/aromatic N) is 2.